The van der Waals surface area contributed by atoms with Gasteiger partial charge in [-0.05, 0) is 50.2 Å². The molecule has 5 N–H and O–H groups in total. The van der Waals surface area contributed by atoms with Gasteiger partial charge in [0.15, 0.2) is 5.69 Å². The van der Waals surface area contributed by atoms with E-state index >= 15 is 0 Å². The fourth-order valence-corrected chi connectivity index (χ4v) is 4.48. The number of nitrogens with two attached hydrogens (primary N) is 1. The smallest absolute Gasteiger partial charge is 0.323 e. The Bertz CT molecular complexity index is 1560. The van der Waals surface area contributed by atoms with Crippen LogP contribution in [0.5, 0.6) is 0 Å². The first kappa shape index (κ1) is 29.5. The number of hydrogen-bond acceptors (Lipinski definition) is 5. The van der Waals surface area contributed by atoms with Gasteiger partial charge in [0.2, 0.25) is 5.91 Å². The second-order valence-corrected chi connectivity index (χ2v) is 10.1. The van der Waals surface area contributed by atoms with Crippen LogP contribution in [0.4, 0.5) is 20.6 Å². The average molecular weight is 580 g/mol. The zero-order valence-electron chi connectivity index (χ0n) is 22.7. The standard InChI is InChI=1S/C29H31ClFN7O3/c1-18(2)37(17-25(39)33-16-19-7-6-10-23(30)26(19)31)13-14-38-24-12-11-21(15-22(24)27(36-38)28(32)40)35-29(41)34-20-8-4-3-5-9-20/h3-12,15,18H,13-14,16-17H2,1-2H3,(H2,32,40)(H,33,39)(H2,34,35,41). The number of nitrogens with one attached hydrogen (secondary N) is 3. The molecule has 0 aliphatic rings. The molecule has 12 heteroatoms. The number of nitrogens with zero attached hydrogens (tertiary/aromatic N) is 3. The number of hydrogen-bond donors (Lipinski definition) is 4. The highest BCUT2D eigenvalue weighted by Gasteiger charge is 2.19. The summed E-state index contributed by atoms with van der Waals surface area (Å²) in [7, 11) is 0. The summed E-state index contributed by atoms with van der Waals surface area (Å²) >= 11 is 5.82. The molecule has 0 radical (unpaired) electrons. The molecular weight excluding hydrogens is 549 g/mol. The molecule has 0 spiro atoms. The third-order valence-electron chi connectivity index (χ3n) is 6.46. The van der Waals surface area contributed by atoms with Crippen LogP contribution in [-0.4, -0.2) is 51.7 Å². The normalized spacial score (nSPS) is 11.2. The SMILES string of the molecule is CC(C)N(CCn1nc(C(N)=O)c2cc(NC(=O)Nc3ccccc3)ccc21)CC(=O)NCc1cccc(Cl)c1F. The number of fused-ring (bicyclic) bond motifs is 1. The lowest BCUT2D eigenvalue weighted by Crippen LogP contribution is -2.42. The van der Waals surface area contributed by atoms with Crippen molar-refractivity contribution in [3.05, 3.63) is 88.8 Å². The second-order valence-electron chi connectivity index (χ2n) is 9.67. The molecule has 0 aliphatic carbocycles. The van der Waals surface area contributed by atoms with Gasteiger partial charge in [-0.15, -0.1) is 0 Å². The predicted molar refractivity (Wildman–Crippen MR) is 157 cm³/mol. The first-order valence-electron chi connectivity index (χ1n) is 13.0. The van der Waals surface area contributed by atoms with E-state index in [9.17, 15) is 18.8 Å². The van der Waals surface area contributed by atoms with Crippen LogP contribution < -0.4 is 21.7 Å². The largest absolute Gasteiger partial charge is 0.364 e. The Morgan fingerprint density at radius 2 is 1.76 bits per heavy atom. The highest BCUT2D eigenvalue weighted by Crippen LogP contribution is 2.23. The zero-order valence-corrected chi connectivity index (χ0v) is 23.4. The number of rotatable bonds is 11. The first-order chi connectivity index (χ1) is 19.6. The monoisotopic (exact) mass is 579 g/mol. The van der Waals surface area contributed by atoms with Crippen LogP contribution in [0.15, 0.2) is 66.7 Å². The van der Waals surface area contributed by atoms with Gasteiger partial charge in [0.05, 0.1) is 23.6 Å². The number of carbonyl (C=O) groups excluding carboxylic acids is 3. The van der Waals surface area contributed by atoms with Crippen molar-refractivity contribution in [3.63, 3.8) is 0 Å². The van der Waals surface area contributed by atoms with Gasteiger partial charge in [-0.2, -0.15) is 5.10 Å². The van der Waals surface area contributed by atoms with E-state index in [-0.39, 0.29) is 35.8 Å². The lowest BCUT2D eigenvalue weighted by atomic mass is 10.2. The molecule has 0 bridgehead atoms. The Morgan fingerprint density at radius 1 is 1.02 bits per heavy atom. The van der Waals surface area contributed by atoms with Crippen LogP contribution in [0.2, 0.25) is 5.02 Å². The van der Waals surface area contributed by atoms with Crippen molar-refractivity contribution in [2.24, 2.45) is 5.73 Å². The van der Waals surface area contributed by atoms with Crippen molar-refractivity contribution in [1.29, 1.82) is 0 Å². The quantitative estimate of drug-likeness (QED) is 0.206. The maximum absolute atomic E-state index is 14.2. The highest BCUT2D eigenvalue weighted by molar-refractivity contribution is 6.30. The van der Waals surface area contributed by atoms with Gasteiger partial charge in [0, 0.05) is 41.5 Å². The van der Waals surface area contributed by atoms with Crippen LogP contribution in [0.1, 0.15) is 29.9 Å². The maximum Gasteiger partial charge on any atom is 0.323 e. The number of para-hydroxylation sites is 1. The summed E-state index contributed by atoms with van der Waals surface area (Å²) in [5.74, 6) is -1.53. The molecule has 0 fully saturated rings. The topological polar surface area (TPSA) is 134 Å². The van der Waals surface area contributed by atoms with E-state index in [1.54, 1.807) is 47.1 Å². The predicted octanol–water partition coefficient (Wildman–Crippen LogP) is 4.60. The summed E-state index contributed by atoms with van der Waals surface area (Å²) in [4.78, 5) is 39.2. The summed E-state index contributed by atoms with van der Waals surface area (Å²) in [6.45, 7) is 4.80. The summed E-state index contributed by atoms with van der Waals surface area (Å²) in [6.07, 6.45) is 0. The van der Waals surface area contributed by atoms with Crippen molar-refractivity contribution in [3.8, 4) is 0 Å². The Morgan fingerprint density at radius 3 is 2.46 bits per heavy atom. The van der Waals surface area contributed by atoms with Crippen LogP contribution in [0.3, 0.4) is 0 Å². The first-order valence-corrected chi connectivity index (χ1v) is 13.4. The molecule has 0 saturated heterocycles. The highest BCUT2D eigenvalue weighted by atomic mass is 35.5. The van der Waals surface area contributed by atoms with Gasteiger partial charge in [0.1, 0.15) is 5.82 Å². The molecule has 0 atom stereocenters. The van der Waals surface area contributed by atoms with E-state index in [2.05, 4.69) is 21.0 Å². The lowest BCUT2D eigenvalue weighted by Gasteiger charge is -2.26. The minimum atomic E-state index is -0.701. The van der Waals surface area contributed by atoms with Crippen molar-refractivity contribution in [2.45, 2.75) is 33.0 Å². The van der Waals surface area contributed by atoms with Gasteiger partial charge >= 0.3 is 6.03 Å². The maximum atomic E-state index is 14.2. The molecule has 1 heterocycles. The van der Waals surface area contributed by atoms with E-state index in [0.717, 1.165) is 0 Å². The minimum Gasteiger partial charge on any atom is -0.364 e. The molecule has 0 unspecified atom stereocenters. The molecule has 10 nitrogen and oxygen atoms in total. The summed E-state index contributed by atoms with van der Waals surface area (Å²) < 4.78 is 15.8. The minimum absolute atomic E-state index is 0.000637. The average Bonchev–Trinajstić information content (AvgIpc) is 3.30. The van der Waals surface area contributed by atoms with Crippen LogP contribution >= 0.6 is 11.6 Å². The van der Waals surface area contributed by atoms with E-state index in [4.69, 9.17) is 17.3 Å². The number of urea groups is 1. The van der Waals surface area contributed by atoms with Crippen LogP contribution in [0, 0.1) is 5.82 Å². The molecule has 0 aliphatic heterocycles. The van der Waals surface area contributed by atoms with Crippen LogP contribution in [0.25, 0.3) is 10.9 Å². The van der Waals surface area contributed by atoms with Gasteiger partial charge < -0.3 is 21.7 Å². The van der Waals surface area contributed by atoms with Crippen molar-refractivity contribution < 1.29 is 18.8 Å². The van der Waals surface area contributed by atoms with Crippen molar-refractivity contribution in [2.75, 3.05) is 23.7 Å². The summed E-state index contributed by atoms with van der Waals surface area (Å²) in [5.41, 5.74) is 7.73. The summed E-state index contributed by atoms with van der Waals surface area (Å²) in [5, 5.41) is 13.1. The molecule has 4 aromatic rings. The molecule has 214 valence electrons. The fraction of sp³-hybridized carbons (Fsp3) is 0.241. The number of benzene rings is 3. The Labute approximate surface area is 241 Å². The fourth-order valence-electron chi connectivity index (χ4n) is 4.29. The third-order valence-corrected chi connectivity index (χ3v) is 6.75. The van der Waals surface area contributed by atoms with Crippen LogP contribution in [-0.2, 0) is 17.9 Å². The van der Waals surface area contributed by atoms with Gasteiger partial charge in [0.25, 0.3) is 5.91 Å². The molecule has 4 amide bonds. The number of anilines is 2. The van der Waals surface area contributed by atoms with Gasteiger partial charge in [-0.25, -0.2) is 9.18 Å². The molecule has 3 aromatic carbocycles. The molecule has 41 heavy (non-hydrogen) atoms. The zero-order chi connectivity index (χ0) is 29.5. The molecule has 4 rings (SSSR count). The number of amides is 4. The van der Waals surface area contributed by atoms with E-state index < -0.39 is 17.8 Å². The molecule has 0 saturated carbocycles. The van der Waals surface area contributed by atoms with E-state index in [0.29, 0.717) is 40.9 Å². The number of carbonyl (C=O) groups is 3. The van der Waals surface area contributed by atoms with Crippen molar-refractivity contribution >= 4 is 51.7 Å². The Balaban J connectivity index is 1.42. The molecule has 1 aromatic heterocycles. The summed E-state index contributed by atoms with van der Waals surface area (Å²) in [6, 6.07) is 18.3. The Kier molecular flexibility index (Phi) is 9.53. The number of primary amides is 1. The lowest BCUT2D eigenvalue weighted by molar-refractivity contribution is -0.122. The van der Waals surface area contributed by atoms with Gasteiger partial charge in [-0.1, -0.05) is 41.9 Å². The van der Waals surface area contributed by atoms with E-state index in [1.165, 1.54) is 6.07 Å². The number of halogens is 2. The van der Waals surface area contributed by atoms with E-state index in [1.807, 2.05) is 36.9 Å². The number of aromatic nitrogens is 2. The van der Waals surface area contributed by atoms with Crippen molar-refractivity contribution in [1.82, 2.24) is 20.0 Å². The van der Waals surface area contributed by atoms with Gasteiger partial charge in [-0.3, -0.25) is 19.2 Å². The molecular formula is C29H31ClFN7O3. The Hall–Kier alpha value is -4.48. The third kappa shape index (κ3) is 7.59. The second kappa shape index (κ2) is 13.2.